The predicted octanol–water partition coefficient (Wildman–Crippen LogP) is 5.81. The lowest BCUT2D eigenvalue weighted by Crippen LogP contribution is -2.35. The number of fused-ring (bicyclic) bond motifs is 1. The van der Waals surface area contributed by atoms with Gasteiger partial charge in [-0.1, -0.05) is 34.8 Å². The summed E-state index contributed by atoms with van der Waals surface area (Å²) in [5.41, 5.74) is 4.75. The van der Waals surface area contributed by atoms with E-state index in [9.17, 15) is 5.11 Å². The zero-order valence-electron chi connectivity index (χ0n) is 15.8. The molecule has 1 aliphatic heterocycles. The van der Waals surface area contributed by atoms with Gasteiger partial charge in [0.05, 0.1) is 15.7 Å². The number of aryl methyl sites for hydroxylation is 2. The van der Waals surface area contributed by atoms with Crippen LogP contribution in [-0.2, 0) is 0 Å². The highest BCUT2D eigenvalue weighted by atomic mass is 35.5. The molecule has 0 unspecified atom stereocenters. The van der Waals surface area contributed by atoms with Crippen LogP contribution in [0.2, 0.25) is 15.1 Å². The Hall–Kier alpha value is -1.46. The van der Waals surface area contributed by atoms with Crippen molar-refractivity contribution in [1.82, 2.24) is 9.55 Å². The third kappa shape index (κ3) is 3.48. The number of rotatable bonds is 3. The van der Waals surface area contributed by atoms with Crippen molar-refractivity contribution in [3.05, 3.63) is 50.7 Å². The standard InChI is InChI=1S/C21H22Cl3N3O/c1-12-10-27(20-16(23)8-15(22)9-17(20)24)21-19(12)18(7-13(2)25-21)26-5-3-14(11-28)4-6-26/h7-10,14,28H,3-6,11H2,1-2H3. The van der Waals surface area contributed by atoms with Gasteiger partial charge in [-0.2, -0.15) is 0 Å². The zero-order chi connectivity index (χ0) is 20.0. The molecule has 4 rings (SSSR count). The number of aromatic nitrogens is 2. The van der Waals surface area contributed by atoms with Crippen LogP contribution in [0.3, 0.4) is 0 Å². The Morgan fingerprint density at radius 3 is 2.32 bits per heavy atom. The van der Waals surface area contributed by atoms with Crippen LogP contribution in [0.25, 0.3) is 16.7 Å². The van der Waals surface area contributed by atoms with E-state index >= 15 is 0 Å². The van der Waals surface area contributed by atoms with E-state index in [1.54, 1.807) is 12.1 Å². The van der Waals surface area contributed by atoms with Gasteiger partial charge < -0.3 is 10.0 Å². The summed E-state index contributed by atoms with van der Waals surface area (Å²) in [5.74, 6) is 0.395. The van der Waals surface area contributed by atoms with Crippen molar-refractivity contribution in [1.29, 1.82) is 0 Å². The Morgan fingerprint density at radius 1 is 1.07 bits per heavy atom. The summed E-state index contributed by atoms with van der Waals surface area (Å²) in [7, 11) is 0. The summed E-state index contributed by atoms with van der Waals surface area (Å²) >= 11 is 19.1. The van der Waals surface area contributed by atoms with Gasteiger partial charge in [-0.15, -0.1) is 0 Å². The van der Waals surface area contributed by atoms with E-state index in [0.29, 0.717) is 26.7 Å². The normalized spacial score (nSPS) is 15.6. The van der Waals surface area contributed by atoms with Crippen LogP contribution in [0.15, 0.2) is 24.4 Å². The quantitative estimate of drug-likeness (QED) is 0.561. The van der Waals surface area contributed by atoms with Crippen molar-refractivity contribution in [3.8, 4) is 5.69 Å². The van der Waals surface area contributed by atoms with Gasteiger partial charge in [0.2, 0.25) is 0 Å². The number of nitrogens with zero attached hydrogens (tertiary/aromatic N) is 3. The van der Waals surface area contributed by atoms with Crippen molar-refractivity contribution >= 4 is 51.5 Å². The maximum absolute atomic E-state index is 9.44. The lowest BCUT2D eigenvalue weighted by atomic mass is 9.97. The van der Waals surface area contributed by atoms with E-state index < -0.39 is 0 Å². The maximum Gasteiger partial charge on any atom is 0.147 e. The first-order valence-electron chi connectivity index (χ1n) is 9.39. The van der Waals surface area contributed by atoms with E-state index in [1.165, 1.54) is 5.69 Å². The topological polar surface area (TPSA) is 41.3 Å². The average molecular weight is 439 g/mol. The third-order valence-corrected chi connectivity index (χ3v) is 6.28. The summed E-state index contributed by atoms with van der Waals surface area (Å²) in [4.78, 5) is 7.20. The second-order valence-corrected chi connectivity index (χ2v) is 8.75. The molecule has 1 fully saturated rings. The molecule has 0 radical (unpaired) electrons. The van der Waals surface area contributed by atoms with Crippen molar-refractivity contribution in [3.63, 3.8) is 0 Å². The number of benzene rings is 1. The van der Waals surface area contributed by atoms with Crippen LogP contribution in [0.1, 0.15) is 24.1 Å². The molecule has 1 aliphatic rings. The van der Waals surface area contributed by atoms with Gasteiger partial charge in [0.15, 0.2) is 0 Å². The number of hydrogen-bond acceptors (Lipinski definition) is 3. The molecule has 0 amide bonds. The van der Waals surface area contributed by atoms with Crippen molar-refractivity contribution in [2.75, 3.05) is 24.6 Å². The molecular weight excluding hydrogens is 417 g/mol. The van der Waals surface area contributed by atoms with Gasteiger partial charge in [0.1, 0.15) is 5.65 Å². The van der Waals surface area contributed by atoms with Crippen molar-refractivity contribution < 1.29 is 5.11 Å². The fourth-order valence-corrected chi connectivity index (χ4v) is 5.05. The maximum atomic E-state index is 9.44. The molecule has 0 spiro atoms. The lowest BCUT2D eigenvalue weighted by molar-refractivity contribution is 0.203. The first-order valence-corrected chi connectivity index (χ1v) is 10.5. The molecule has 0 atom stereocenters. The highest BCUT2D eigenvalue weighted by Crippen LogP contribution is 2.38. The minimum atomic E-state index is 0.265. The Balaban J connectivity index is 1.88. The fraction of sp³-hybridized carbons (Fsp3) is 0.381. The largest absolute Gasteiger partial charge is 0.396 e. The lowest BCUT2D eigenvalue weighted by Gasteiger charge is -2.33. The number of hydrogen-bond donors (Lipinski definition) is 1. The predicted molar refractivity (Wildman–Crippen MR) is 118 cm³/mol. The highest BCUT2D eigenvalue weighted by molar-refractivity contribution is 6.40. The minimum Gasteiger partial charge on any atom is -0.396 e. The molecule has 2 aromatic heterocycles. The molecular formula is C21H22Cl3N3O. The van der Waals surface area contributed by atoms with Gasteiger partial charge >= 0.3 is 0 Å². The minimum absolute atomic E-state index is 0.265. The molecule has 28 heavy (non-hydrogen) atoms. The van der Waals surface area contributed by atoms with Crippen molar-refractivity contribution in [2.24, 2.45) is 5.92 Å². The molecule has 1 saturated heterocycles. The Labute approximate surface area is 179 Å². The summed E-state index contributed by atoms with van der Waals surface area (Å²) in [6.07, 6.45) is 4.02. The number of anilines is 1. The Morgan fingerprint density at radius 2 is 1.71 bits per heavy atom. The van der Waals surface area contributed by atoms with Crippen LogP contribution in [0.4, 0.5) is 5.69 Å². The molecule has 4 nitrogen and oxygen atoms in total. The molecule has 148 valence electrons. The molecule has 0 aliphatic carbocycles. The SMILES string of the molecule is Cc1cc(N2CCC(CO)CC2)c2c(C)cn(-c3c(Cl)cc(Cl)cc3Cl)c2n1. The van der Waals surface area contributed by atoms with Gasteiger partial charge in [-0.25, -0.2) is 4.98 Å². The summed E-state index contributed by atoms with van der Waals surface area (Å²) in [6, 6.07) is 5.54. The summed E-state index contributed by atoms with van der Waals surface area (Å²) in [6.45, 7) is 6.20. The third-order valence-electron chi connectivity index (χ3n) is 5.49. The van der Waals surface area contributed by atoms with E-state index in [-0.39, 0.29) is 6.61 Å². The molecule has 1 aromatic carbocycles. The molecule has 1 N–H and O–H groups in total. The number of aliphatic hydroxyl groups excluding tert-OH is 1. The van der Waals surface area contributed by atoms with Gasteiger partial charge in [0, 0.05) is 47.7 Å². The van der Waals surface area contributed by atoms with E-state index in [1.807, 2.05) is 17.7 Å². The molecule has 0 saturated carbocycles. The summed E-state index contributed by atoms with van der Waals surface area (Å²) < 4.78 is 1.96. The van der Waals surface area contributed by atoms with Gasteiger partial charge in [-0.3, -0.25) is 4.57 Å². The van der Waals surface area contributed by atoms with Crippen LogP contribution in [0, 0.1) is 19.8 Å². The number of aliphatic hydroxyl groups is 1. The zero-order valence-corrected chi connectivity index (χ0v) is 18.1. The van der Waals surface area contributed by atoms with Crippen LogP contribution >= 0.6 is 34.8 Å². The first-order chi connectivity index (χ1) is 13.4. The van der Waals surface area contributed by atoms with Gasteiger partial charge in [0.25, 0.3) is 0 Å². The second kappa shape index (κ2) is 7.75. The average Bonchev–Trinajstić information content (AvgIpc) is 2.96. The first kappa shape index (κ1) is 19.8. The summed E-state index contributed by atoms with van der Waals surface area (Å²) in [5, 5.41) is 12.0. The van der Waals surface area contributed by atoms with Crippen LogP contribution in [-0.4, -0.2) is 34.4 Å². The number of halogens is 3. The smallest absolute Gasteiger partial charge is 0.147 e. The number of piperidine rings is 1. The molecule has 3 aromatic rings. The Bertz CT molecular complexity index is 1020. The van der Waals surface area contributed by atoms with Gasteiger partial charge in [-0.05, 0) is 56.4 Å². The van der Waals surface area contributed by atoms with Crippen molar-refractivity contribution in [2.45, 2.75) is 26.7 Å². The molecule has 3 heterocycles. The number of pyridine rings is 1. The van der Waals surface area contributed by atoms with E-state index in [4.69, 9.17) is 39.8 Å². The fourth-order valence-electron chi connectivity index (χ4n) is 4.05. The van der Waals surface area contributed by atoms with Crippen LogP contribution < -0.4 is 4.90 Å². The Kier molecular flexibility index (Phi) is 5.49. The highest BCUT2D eigenvalue weighted by Gasteiger charge is 2.24. The second-order valence-electron chi connectivity index (χ2n) is 7.49. The molecule has 7 heteroatoms. The van der Waals surface area contributed by atoms with E-state index in [2.05, 4.69) is 17.9 Å². The monoisotopic (exact) mass is 437 g/mol. The molecule has 0 bridgehead atoms. The van der Waals surface area contributed by atoms with Crippen LogP contribution in [0.5, 0.6) is 0 Å². The van der Waals surface area contributed by atoms with E-state index in [0.717, 1.165) is 48.2 Å².